The zero-order chi connectivity index (χ0) is 24.0. The van der Waals surface area contributed by atoms with Gasteiger partial charge in [0.15, 0.2) is 6.10 Å². The maximum Gasteiger partial charge on any atom is 0.343 e. The van der Waals surface area contributed by atoms with Gasteiger partial charge in [0.1, 0.15) is 11.5 Å². The number of halogens is 3. The zero-order valence-corrected chi connectivity index (χ0v) is 20.7. The molecule has 3 rings (SSSR count). The van der Waals surface area contributed by atoms with Crippen LogP contribution < -0.4 is 14.9 Å². The summed E-state index contributed by atoms with van der Waals surface area (Å²) in [4.78, 5) is 24.9. The SMILES string of the molecule is Cc1ccccc1C(=O)Oc1ccc(Br)cc1/C=N/NC(=O)C(C)Oc1ccc(Cl)cc1Cl. The molecule has 1 N–H and O–H groups in total. The number of rotatable bonds is 7. The minimum atomic E-state index is -0.873. The van der Waals surface area contributed by atoms with E-state index in [1.54, 1.807) is 49.4 Å². The van der Waals surface area contributed by atoms with Crippen molar-refractivity contribution >= 4 is 57.2 Å². The highest BCUT2D eigenvalue weighted by molar-refractivity contribution is 9.10. The molecule has 0 saturated heterocycles. The molecule has 0 aromatic heterocycles. The van der Waals surface area contributed by atoms with Crippen LogP contribution >= 0.6 is 39.1 Å². The van der Waals surface area contributed by atoms with Gasteiger partial charge in [0.2, 0.25) is 0 Å². The minimum Gasteiger partial charge on any atom is -0.479 e. The summed E-state index contributed by atoms with van der Waals surface area (Å²) in [6.07, 6.45) is 0.507. The molecular formula is C24H19BrCl2N2O4. The Kier molecular flexibility index (Phi) is 8.49. The van der Waals surface area contributed by atoms with Crippen molar-refractivity contribution in [2.45, 2.75) is 20.0 Å². The predicted octanol–water partition coefficient (Wildman–Crippen LogP) is 6.20. The van der Waals surface area contributed by atoms with Crippen molar-refractivity contribution in [1.82, 2.24) is 5.43 Å². The minimum absolute atomic E-state index is 0.292. The lowest BCUT2D eigenvalue weighted by molar-refractivity contribution is -0.127. The molecule has 0 radical (unpaired) electrons. The number of hydrogen-bond donors (Lipinski definition) is 1. The van der Waals surface area contributed by atoms with Crippen LogP contribution in [0.25, 0.3) is 0 Å². The number of esters is 1. The molecule has 0 bridgehead atoms. The molecule has 0 spiro atoms. The second kappa shape index (κ2) is 11.3. The van der Waals surface area contributed by atoms with Crippen molar-refractivity contribution < 1.29 is 19.1 Å². The van der Waals surface area contributed by atoms with E-state index in [1.807, 2.05) is 19.1 Å². The molecule has 6 nitrogen and oxygen atoms in total. The zero-order valence-electron chi connectivity index (χ0n) is 17.6. The van der Waals surface area contributed by atoms with E-state index in [0.29, 0.717) is 32.7 Å². The number of hydrazone groups is 1. The lowest BCUT2D eigenvalue weighted by Crippen LogP contribution is -2.33. The average Bonchev–Trinajstić information content (AvgIpc) is 2.77. The fourth-order valence-corrected chi connectivity index (χ4v) is 3.57. The van der Waals surface area contributed by atoms with Crippen molar-refractivity contribution in [3.05, 3.63) is 91.9 Å². The number of ether oxygens (including phenoxy) is 2. The molecule has 1 unspecified atom stereocenters. The summed E-state index contributed by atoms with van der Waals surface area (Å²) in [7, 11) is 0. The monoisotopic (exact) mass is 548 g/mol. The summed E-state index contributed by atoms with van der Waals surface area (Å²) in [6, 6.07) is 16.9. The number of aryl methyl sites for hydroxylation is 1. The van der Waals surface area contributed by atoms with Crippen LogP contribution in [0.1, 0.15) is 28.4 Å². The Balaban J connectivity index is 1.68. The molecule has 0 fully saturated rings. The van der Waals surface area contributed by atoms with Gasteiger partial charge in [0.25, 0.3) is 5.91 Å². The van der Waals surface area contributed by atoms with Crippen LogP contribution in [0.4, 0.5) is 0 Å². The second-order valence-electron chi connectivity index (χ2n) is 6.96. The van der Waals surface area contributed by atoms with Crippen molar-refractivity contribution in [3.63, 3.8) is 0 Å². The van der Waals surface area contributed by atoms with Crippen molar-refractivity contribution in [1.29, 1.82) is 0 Å². The van der Waals surface area contributed by atoms with Gasteiger partial charge in [0, 0.05) is 15.1 Å². The Hall–Kier alpha value is -2.87. The van der Waals surface area contributed by atoms with Gasteiger partial charge in [-0.05, 0) is 61.9 Å². The molecule has 170 valence electrons. The molecule has 0 saturated carbocycles. The maximum absolute atomic E-state index is 12.6. The Morgan fingerprint density at radius 3 is 2.52 bits per heavy atom. The van der Waals surface area contributed by atoms with Crippen LogP contribution in [0.3, 0.4) is 0 Å². The van der Waals surface area contributed by atoms with E-state index in [-0.39, 0.29) is 0 Å². The van der Waals surface area contributed by atoms with Gasteiger partial charge < -0.3 is 9.47 Å². The first kappa shape index (κ1) is 24.8. The van der Waals surface area contributed by atoms with Gasteiger partial charge in [-0.15, -0.1) is 0 Å². The number of amides is 1. The molecule has 3 aromatic carbocycles. The highest BCUT2D eigenvalue weighted by Gasteiger charge is 2.16. The Morgan fingerprint density at radius 1 is 1.06 bits per heavy atom. The number of carbonyl (C=O) groups is 2. The summed E-state index contributed by atoms with van der Waals surface area (Å²) < 4.78 is 11.9. The number of nitrogens with one attached hydrogen (secondary N) is 1. The molecule has 9 heteroatoms. The first-order valence-corrected chi connectivity index (χ1v) is 11.3. The van der Waals surface area contributed by atoms with Crippen molar-refractivity contribution in [2.24, 2.45) is 5.10 Å². The molecule has 0 aliphatic rings. The van der Waals surface area contributed by atoms with Crippen LogP contribution in [0.15, 0.2) is 70.2 Å². The maximum atomic E-state index is 12.6. The molecule has 1 atom stereocenters. The topological polar surface area (TPSA) is 77.0 Å². The highest BCUT2D eigenvalue weighted by Crippen LogP contribution is 2.28. The Labute approximate surface area is 209 Å². The summed E-state index contributed by atoms with van der Waals surface area (Å²) in [5, 5.41) is 4.72. The molecule has 3 aromatic rings. The normalized spacial score (nSPS) is 11.8. The van der Waals surface area contributed by atoms with Crippen LogP contribution in [-0.2, 0) is 4.79 Å². The summed E-state index contributed by atoms with van der Waals surface area (Å²) in [6.45, 7) is 3.39. The van der Waals surface area contributed by atoms with Gasteiger partial charge in [-0.3, -0.25) is 4.79 Å². The lowest BCUT2D eigenvalue weighted by atomic mass is 10.1. The first-order chi connectivity index (χ1) is 15.7. The second-order valence-corrected chi connectivity index (χ2v) is 8.71. The van der Waals surface area contributed by atoms with Crippen LogP contribution in [0.5, 0.6) is 11.5 Å². The molecular weight excluding hydrogens is 531 g/mol. The van der Waals surface area contributed by atoms with E-state index >= 15 is 0 Å². The fourth-order valence-electron chi connectivity index (χ4n) is 2.74. The Bertz CT molecular complexity index is 1220. The van der Waals surface area contributed by atoms with Gasteiger partial charge >= 0.3 is 5.97 Å². The number of carbonyl (C=O) groups excluding carboxylic acids is 2. The van der Waals surface area contributed by atoms with Gasteiger partial charge in [-0.25, -0.2) is 10.2 Å². The first-order valence-electron chi connectivity index (χ1n) is 9.76. The van der Waals surface area contributed by atoms with E-state index in [2.05, 4.69) is 26.5 Å². The van der Waals surface area contributed by atoms with E-state index in [4.69, 9.17) is 32.7 Å². The third kappa shape index (κ3) is 6.81. The number of nitrogens with zero attached hydrogens (tertiary/aromatic N) is 1. The molecule has 0 aliphatic heterocycles. The van der Waals surface area contributed by atoms with Crippen LogP contribution in [0, 0.1) is 6.92 Å². The van der Waals surface area contributed by atoms with Crippen LogP contribution in [0.2, 0.25) is 10.0 Å². The predicted molar refractivity (Wildman–Crippen MR) is 133 cm³/mol. The summed E-state index contributed by atoms with van der Waals surface area (Å²) >= 11 is 15.3. The smallest absolute Gasteiger partial charge is 0.343 e. The number of benzene rings is 3. The van der Waals surface area contributed by atoms with Crippen molar-refractivity contribution in [2.75, 3.05) is 0 Å². The summed E-state index contributed by atoms with van der Waals surface area (Å²) in [5.74, 6) is -0.367. The van der Waals surface area contributed by atoms with Gasteiger partial charge in [0.05, 0.1) is 16.8 Å². The summed E-state index contributed by atoms with van der Waals surface area (Å²) in [5.41, 5.74) is 4.15. The van der Waals surface area contributed by atoms with Crippen molar-refractivity contribution in [3.8, 4) is 11.5 Å². The lowest BCUT2D eigenvalue weighted by Gasteiger charge is -2.14. The van der Waals surface area contributed by atoms with Gasteiger partial charge in [-0.2, -0.15) is 5.10 Å². The van der Waals surface area contributed by atoms with E-state index in [0.717, 1.165) is 10.0 Å². The largest absolute Gasteiger partial charge is 0.479 e. The average molecular weight is 550 g/mol. The molecule has 0 heterocycles. The fraction of sp³-hybridized carbons (Fsp3) is 0.125. The van der Waals surface area contributed by atoms with Crippen LogP contribution in [-0.4, -0.2) is 24.2 Å². The van der Waals surface area contributed by atoms with E-state index in [9.17, 15) is 9.59 Å². The molecule has 1 amide bonds. The molecule has 0 aliphatic carbocycles. The Morgan fingerprint density at radius 2 is 1.79 bits per heavy atom. The standard InChI is InChI=1S/C24H19BrCl2N2O4/c1-14-5-3-4-6-19(14)24(31)33-21-9-7-17(25)11-16(21)13-28-29-23(30)15(2)32-22-10-8-18(26)12-20(22)27/h3-13,15H,1-2H3,(H,29,30)/b28-13+. The molecule has 33 heavy (non-hydrogen) atoms. The van der Waals surface area contributed by atoms with E-state index < -0.39 is 18.0 Å². The van der Waals surface area contributed by atoms with E-state index in [1.165, 1.54) is 12.3 Å². The third-order valence-electron chi connectivity index (χ3n) is 4.48. The van der Waals surface area contributed by atoms with Gasteiger partial charge in [-0.1, -0.05) is 57.3 Å². The third-order valence-corrected chi connectivity index (χ3v) is 5.51. The highest BCUT2D eigenvalue weighted by atomic mass is 79.9. The quantitative estimate of drug-likeness (QED) is 0.165. The number of hydrogen-bond acceptors (Lipinski definition) is 5.